The number of hydrogen-bond donors (Lipinski definition) is 2. The number of methoxy groups -OCH3 is 1. The fraction of sp³-hybridized carbons (Fsp3) is 0.391. The first-order chi connectivity index (χ1) is 17.1. The maximum atomic E-state index is 15.1. The second-order valence-electron chi connectivity index (χ2n) is 8.64. The highest BCUT2D eigenvalue weighted by molar-refractivity contribution is 8.17. The second kappa shape index (κ2) is 9.47. The lowest BCUT2D eigenvalue weighted by Crippen LogP contribution is -2.45. The maximum absolute atomic E-state index is 15.1. The molecular weight excluding hydrogens is 527 g/mol. The van der Waals surface area contributed by atoms with E-state index in [9.17, 15) is 22.4 Å². The highest BCUT2D eigenvalue weighted by Gasteiger charge is 2.36. The van der Waals surface area contributed by atoms with Gasteiger partial charge in [0.25, 0.3) is 0 Å². The number of nitrogens with zero attached hydrogens (tertiary/aromatic N) is 3. The SMILES string of the molecule is COC1Cn2c(=O)nc(N3CCNCC3)c3cc(C(F)(F)F)cc(c32)[SH](c2cc(Cl)c(F)cc2F)C1. The Kier molecular flexibility index (Phi) is 6.64. The maximum Gasteiger partial charge on any atom is 0.416 e. The molecule has 1 fully saturated rings. The number of alkyl halides is 3. The van der Waals surface area contributed by atoms with Crippen LogP contribution >= 0.6 is 22.5 Å². The Hall–Kier alpha value is -2.41. The van der Waals surface area contributed by atoms with E-state index in [0.717, 1.165) is 18.2 Å². The molecule has 2 aliphatic heterocycles. The first-order valence-electron chi connectivity index (χ1n) is 11.1. The van der Waals surface area contributed by atoms with Crippen molar-refractivity contribution in [1.82, 2.24) is 14.9 Å². The van der Waals surface area contributed by atoms with Crippen LogP contribution in [0.5, 0.6) is 0 Å². The topological polar surface area (TPSA) is 59.4 Å². The summed E-state index contributed by atoms with van der Waals surface area (Å²) in [6.07, 6.45) is -5.34. The third-order valence-electron chi connectivity index (χ3n) is 6.45. The van der Waals surface area contributed by atoms with Gasteiger partial charge in [-0.1, -0.05) is 11.6 Å². The van der Waals surface area contributed by atoms with Gasteiger partial charge in [0, 0.05) is 60.3 Å². The van der Waals surface area contributed by atoms with Crippen LogP contribution in [0.25, 0.3) is 10.9 Å². The van der Waals surface area contributed by atoms with Crippen molar-refractivity contribution in [3.8, 4) is 0 Å². The number of thiol groups is 1. The summed E-state index contributed by atoms with van der Waals surface area (Å²) in [4.78, 5) is 19.3. The number of rotatable bonds is 3. The van der Waals surface area contributed by atoms with Crippen LogP contribution in [0, 0.1) is 11.6 Å². The van der Waals surface area contributed by atoms with Gasteiger partial charge in [0.2, 0.25) is 0 Å². The van der Waals surface area contributed by atoms with Gasteiger partial charge in [0.05, 0.1) is 28.8 Å². The van der Waals surface area contributed by atoms with E-state index < -0.39 is 46.1 Å². The predicted octanol–water partition coefficient (Wildman–Crippen LogP) is 4.20. The molecule has 0 aliphatic carbocycles. The largest absolute Gasteiger partial charge is 0.416 e. The van der Waals surface area contributed by atoms with Gasteiger partial charge in [-0.05, 0) is 18.2 Å². The number of benzene rings is 2. The smallest absolute Gasteiger partial charge is 0.379 e. The molecule has 2 unspecified atom stereocenters. The van der Waals surface area contributed by atoms with E-state index in [1.54, 1.807) is 4.90 Å². The van der Waals surface area contributed by atoms with Crippen molar-refractivity contribution in [2.24, 2.45) is 0 Å². The standard InChI is InChI=1S/C23H22ClF5N4O2S/c1-35-13-10-33-20-14(21(31-22(33)34)32-4-2-30-3-5-32)6-12(23(27,28)29)7-19(20)36(11-13)18-8-15(24)16(25)9-17(18)26/h6-9,13,30,36H,2-5,10-11H2,1H3. The molecule has 194 valence electrons. The van der Waals surface area contributed by atoms with E-state index in [2.05, 4.69) is 10.3 Å². The Morgan fingerprint density at radius 2 is 1.83 bits per heavy atom. The molecule has 0 spiro atoms. The van der Waals surface area contributed by atoms with Crippen molar-refractivity contribution in [2.45, 2.75) is 28.6 Å². The van der Waals surface area contributed by atoms with E-state index in [0.29, 0.717) is 32.2 Å². The zero-order chi connectivity index (χ0) is 25.8. The van der Waals surface area contributed by atoms with Crippen molar-refractivity contribution in [2.75, 3.05) is 43.9 Å². The average molecular weight is 549 g/mol. The minimum atomic E-state index is -4.71. The van der Waals surface area contributed by atoms with Crippen LogP contribution in [0.2, 0.25) is 5.02 Å². The Morgan fingerprint density at radius 3 is 2.50 bits per heavy atom. The molecule has 3 heterocycles. The molecule has 5 rings (SSSR count). The quantitative estimate of drug-likeness (QED) is 0.292. The van der Waals surface area contributed by atoms with Crippen LogP contribution in [0.1, 0.15) is 5.56 Å². The number of nitrogens with one attached hydrogen (secondary N) is 1. The van der Waals surface area contributed by atoms with Crippen molar-refractivity contribution in [3.63, 3.8) is 0 Å². The molecule has 2 atom stereocenters. The Balaban J connectivity index is 1.88. The Morgan fingerprint density at radius 1 is 1.11 bits per heavy atom. The summed E-state index contributed by atoms with van der Waals surface area (Å²) in [6, 6.07) is 3.69. The fourth-order valence-corrected chi connectivity index (χ4v) is 7.66. The van der Waals surface area contributed by atoms with Gasteiger partial charge in [0.1, 0.15) is 17.5 Å². The average Bonchev–Trinajstić information content (AvgIpc) is 3.01. The molecular formula is C23H22ClF5N4O2S. The third kappa shape index (κ3) is 4.44. The van der Waals surface area contributed by atoms with Crippen LogP contribution in [0.4, 0.5) is 27.8 Å². The summed E-state index contributed by atoms with van der Waals surface area (Å²) >= 11 is 5.95. The number of piperazine rings is 1. The lowest BCUT2D eigenvalue weighted by Gasteiger charge is -2.30. The van der Waals surface area contributed by atoms with Gasteiger partial charge in [-0.25, -0.2) is 13.6 Å². The van der Waals surface area contributed by atoms with Crippen LogP contribution in [0.15, 0.2) is 38.9 Å². The molecule has 1 saturated heterocycles. The number of anilines is 1. The van der Waals surface area contributed by atoms with E-state index >= 15 is 4.39 Å². The van der Waals surface area contributed by atoms with Crippen molar-refractivity contribution < 1.29 is 26.7 Å². The molecule has 3 aromatic rings. The molecule has 0 saturated carbocycles. The number of hydrogen-bond acceptors (Lipinski definition) is 5. The molecule has 2 aromatic carbocycles. The first-order valence-corrected chi connectivity index (χ1v) is 13.0. The molecule has 0 amide bonds. The Bertz CT molecular complexity index is 1390. The number of halogens is 6. The molecule has 1 aromatic heterocycles. The summed E-state index contributed by atoms with van der Waals surface area (Å²) in [5, 5.41) is 2.97. The molecule has 0 radical (unpaired) electrons. The minimum Gasteiger partial charge on any atom is -0.379 e. The molecule has 6 nitrogen and oxygen atoms in total. The molecule has 2 aliphatic rings. The van der Waals surface area contributed by atoms with Crippen LogP contribution in [0.3, 0.4) is 0 Å². The second-order valence-corrected chi connectivity index (χ2v) is 11.2. The lowest BCUT2D eigenvalue weighted by atomic mass is 10.1. The van der Waals surface area contributed by atoms with Gasteiger partial charge >= 0.3 is 11.9 Å². The third-order valence-corrected chi connectivity index (χ3v) is 9.36. The number of ether oxygens (including phenoxy) is 1. The van der Waals surface area contributed by atoms with E-state index in [-0.39, 0.29) is 43.8 Å². The fourth-order valence-electron chi connectivity index (χ4n) is 4.70. The van der Waals surface area contributed by atoms with Crippen LogP contribution < -0.4 is 15.9 Å². The predicted molar refractivity (Wildman–Crippen MR) is 129 cm³/mol. The van der Waals surface area contributed by atoms with Crippen LogP contribution in [-0.4, -0.2) is 54.7 Å². The van der Waals surface area contributed by atoms with Gasteiger partial charge < -0.3 is 15.0 Å². The van der Waals surface area contributed by atoms with Crippen molar-refractivity contribution in [3.05, 3.63) is 57.0 Å². The normalized spacial score (nSPS) is 21.6. The summed E-state index contributed by atoms with van der Waals surface area (Å²) < 4.78 is 78.2. The highest BCUT2D eigenvalue weighted by Crippen LogP contribution is 2.53. The summed E-state index contributed by atoms with van der Waals surface area (Å²) in [6.45, 7) is 2.09. The monoisotopic (exact) mass is 548 g/mol. The summed E-state index contributed by atoms with van der Waals surface area (Å²) in [5.74, 6) is -1.63. The van der Waals surface area contributed by atoms with Crippen LogP contribution in [-0.2, 0) is 17.5 Å². The van der Waals surface area contributed by atoms with E-state index in [4.69, 9.17) is 16.3 Å². The van der Waals surface area contributed by atoms with Gasteiger partial charge in [-0.3, -0.25) is 4.57 Å². The van der Waals surface area contributed by atoms with Crippen molar-refractivity contribution in [1.29, 1.82) is 0 Å². The highest BCUT2D eigenvalue weighted by atomic mass is 35.5. The van der Waals surface area contributed by atoms with Gasteiger partial charge in [-0.15, -0.1) is 0 Å². The molecule has 0 bridgehead atoms. The lowest BCUT2D eigenvalue weighted by molar-refractivity contribution is -0.137. The molecule has 1 N–H and O–H groups in total. The Labute approximate surface area is 210 Å². The number of aromatic nitrogens is 2. The van der Waals surface area contributed by atoms with E-state index in [1.807, 2.05) is 0 Å². The minimum absolute atomic E-state index is 0.0134. The summed E-state index contributed by atoms with van der Waals surface area (Å²) in [5.41, 5.74) is -1.32. The zero-order valence-electron chi connectivity index (χ0n) is 19.0. The molecule has 36 heavy (non-hydrogen) atoms. The first kappa shape index (κ1) is 25.2. The summed E-state index contributed by atoms with van der Waals surface area (Å²) in [7, 11) is -0.458. The van der Waals surface area contributed by atoms with Gasteiger partial charge in [-0.2, -0.15) is 29.1 Å². The zero-order valence-corrected chi connectivity index (χ0v) is 20.7. The van der Waals surface area contributed by atoms with Crippen molar-refractivity contribution >= 4 is 39.2 Å². The van der Waals surface area contributed by atoms with E-state index in [1.165, 1.54) is 11.7 Å². The van der Waals surface area contributed by atoms with Gasteiger partial charge in [0.15, 0.2) is 0 Å². The molecule has 13 heteroatoms.